The molecule has 0 aromatic carbocycles. The minimum absolute atomic E-state index is 0.00767. The van der Waals surface area contributed by atoms with Gasteiger partial charge in [-0.05, 0) is 13.8 Å². The lowest BCUT2D eigenvalue weighted by atomic mass is 10.1. The molecule has 12 heteroatoms. The summed E-state index contributed by atoms with van der Waals surface area (Å²) in [5.74, 6) is -2.80. The molecule has 0 spiro atoms. The van der Waals surface area contributed by atoms with E-state index in [0.29, 0.717) is 0 Å². The monoisotopic (exact) mass is 421 g/mol. The molecule has 1 aromatic rings. The number of hydrogen-bond acceptors (Lipinski definition) is 7. The van der Waals surface area contributed by atoms with Gasteiger partial charge in [-0.25, -0.2) is 27.1 Å². The van der Waals surface area contributed by atoms with Crippen LogP contribution in [0.15, 0.2) is 11.1 Å². The van der Waals surface area contributed by atoms with Crippen molar-refractivity contribution in [1.82, 2.24) is 14.2 Å². The minimum Gasteiger partial charge on any atom is -0.461 e. The SMILES string of the molecule is CCOC(=O)c1c(F)c(S(=O)(=O)NC2CN(C(=O)OCC)CC2CO)cn1C. The molecule has 0 saturated carbocycles. The van der Waals surface area contributed by atoms with Crippen molar-refractivity contribution in [1.29, 1.82) is 0 Å². The van der Waals surface area contributed by atoms with Gasteiger partial charge in [0.05, 0.1) is 13.2 Å². The zero-order valence-electron chi connectivity index (χ0n) is 15.8. The zero-order valence-corrected chi connectivity index (χ0v) is 16.7. The summed E-state index contributed by atoms with van der Waals surface area (Å²) in [7, 11) is -3.05. The second-order valence-corrected chi connectivity index (χ2v) is 7.94. The lowest BCUT2D eigenvalue weighted by Crippen LogP contribution is -2.42. The van der Waals surface area contributed by atoms with E-state index >= 15 is 0 Å². The highest BCUT2D eigenvalue weighted by Crippen LogP contribution is 2.24. The first-order valence-electron chi connectivity index (χ1n) is 8.73. The summed E-state index contributed by atoms with van der Waals surface area (Å²) in [5.41, 5.74) is -0.513. The molecule has 2 N–H and O–H groups in total. The van der Waals surface area contributed by atoms with Crippen LogP contribution in [0.3, 0.4) is 0 Å². The topological polar surface area (TPSA) is 127 Å². The maximum Gasteiger partial charge on any atom is 0.409 e. The average Bonchev–Trinajstić information content (AvgIpc) is 3.15. The Labute approximate surface area is 162 Å². The van der Waals surface area contributed by atoms with Crippen molar-refractivity contribution < 1.29 is 37.0 Å². The molecule has 1 aromatic heterocycles. The number of ether oxygens (including phenoxy) is 2. The molecule has 1 fully saturated rings. The molecule has 1 saturated heterocycles. The van der Waals surface area contributed by atoms with E-state index in [1.165, 1.54) is 11.9 Å². The predicted octanol–water partition coefficient (Wildman–Crippen LogP) is 0.0684. The number of amides is 1. The first-order chi connectivity index (χ1) is 13.2. The number of likely N-dealkylation sites (tertiary alicyclic amines) is 1. The molecule has 10 nitrogen and oxygen atoms in total. The number of halogens is 1. The fraction of sp³-hybridized carbons (Fsp3) is 0.625. The smallest absolute Gasteiger partial charge is 0.409 e. The van der Waals surface area contributed by atoms with E-state index in [4.69, 9.17) is 9.47 Å². The number of nitrogens with one attached hydrogen (secondary N) is 1. The van der Waals surface area contributed by atoms with E-state index in [2.05, 4.69) is 4.72 Å². The fourth-order valence-electron chi connectivity index (χ4n) is 3.01. The van der Waals surface area contributed by atoms with Crippen LogP contribution >= 0.6 is 0 Å². The third-order valence-corrected chi connectivity index (χ3v) is 5.83. The molecule has 2 atom stereocenters. The van der Waals surface area contributed by atoms with E-state index in [1.807, 2.05) is 0 Å². The molecule has 2 heterocycles. The highest BCUT2D eigenvalue weighted by Gasteiger charge is 2.39. The predicted molar refractivity (Wildman–Crippen MR) is 94.6 cm³/mol. The van der Waals surface area contributed by atoms with E-state index < -0.39 is 50.5 Å². The Morgan fingerprint density at radius 1 is 1.29 bits per heavy atom. The number of carbonyl (C=O) groups is 2. The lowest BCUT2D eigenvalue weighted by molar-refractivity contribution is 0.0509. The Hall–Kier alpha value is -2.18. The summed E-state index contributed by atoms with van der Waals surface area (Å²) in [4.78, 5) is 24.3. The Bertz CT molecular complexity index is 840. The molecule has 0 bridgehead atoms. The van der Waals surface area contributed by atoms with Crippen LogP contribution in [0.2, 0.25) is 0 Å². The van der Waals surface area contributed by atoms with Crippen LogP contribution in [0.4, 0.5) is 9.18 Å². The third kappa shape index (κ3) is 4.45. The molecular weight excluding hydrogens is 397 g/mol. The average molecular weight is 421 g/mol. The molecule has 1 amide bonds. The maximum atomic E-state index is 14.6. The normalized spacial score (nSPS) is 19.7. The molecule has 158 valence electrons. The van der Waals surface area contributed by atoms with Crippen LogP contribution in [0, 0.1) is 11.7 Å². The third-order valence-electron chi connectivity index (χ3n) is 4.35. The van der Waals surface area contributed by atoms with Gasteiger partial charge in [0.2, 0.25) is 10.0 Å². The Balaban J connectivity index is 2.25. The fourth-order valence-corrected chi connectivity index (χ4v) is 4.43. The molecule has 0 aliphatic carbocycles. The van der Waals surface area contributed by atoms with E-state index in [9.17, 15) is 27.5 Å². The van der Waals surface area contributed by atoms with Crippen molar-refractivity contribution in [3.05, 3.63) is 17.7 Å². The van der Waals surface area contributed by atoms with Crippen molar-refractivity contribution in [3.8, 4) is 0 Å². The zero-order chi connectivity index (χ0) is 21.1. The van der Waals surface area contributed by atoms with Gasteiger partial charge in [0, 0.05) is 44.9 Å². The van der Waals surface area contributed by atoms with Crippen LogP contribution in [0.1, 0.15) is 24.3 Å². The van der Waals surface area contributed by atoms with Gasteiger partial charge in [0.15, 0.2) is 11.5 Å². The summed E-state index contributed by atoms with van der Waals surface area (Å²) in [6.45, 7) is 3.01. The van der Waals surface area contributed by atoms with Crippen LogP contribution in [0.25, 0.3) is 0 Å². The highest BCUT2D eigenvalue weighted by molar-refractivity contribution is 7.89. The summed E-state index contributed by atoms with van der Waals surface area (Å²) in [6.07, 6.45) is 0.341. The number of aryl methyl sites for hydroxylation is 1. The summed E-state index contributed by atoms with van der Waals surface area (Å²) in [6, 6.07) is -0.843. The maximum absolute atomic E-state index is 14.6. The van der Waals surface area contributed by atoms with Crippen molar-refractivity contribution in [2.75, 3.05) is 32.9 Å². The van der Waals surface area contributed by atoms with Gasteiger partial charge < -0.3 is 24.0 Å². The van der Waals surface area contributed by atoms with Crippen LogP contribution in [-0.2, 0) is 26.5 Å². The number of sulfonamides is 1. The van der Waals surface area contributed by atoms with Gasteiger partial charge in [0.1, 0.15) is 4.90 Å². The van der Waals surface area contributed by atoms with Crippen molar-refractivity contribution in [3.63, 3.8) is 0 Å². The minimum atomic E-state index is -4.37. The largest absolute Gasteiger partial charge is 0.461 e. The molecule has 1 aliphatic rings. The number of hydrogen-bond donors (Lipinski definition) is 2. The lowest BCUT2D eigenvalue weighted by Gasteiger charge is -2.17. The Morgan fingerprint density at radius 2 is 1.93 bits per heavy atom. The van der Waals surface area contributed by atoms with Crippen molar-refractivity contribution in [2.24, 2.45) is 13.0 Å². The first kappa shape index (κ1) is 22.1. The van der Waals surface area contributed by atoms with Crippen molar-refractivity contribution >= 4 is 22.1 Å². The molecule has 28 heavy (non-hydrogen) atoms. The number of aliphatic hydroxyl groups is 1. The van der Waals surface area contributed by atoms with Gasteiger partial charge in [-0.2, -0.15) is 0 Å². The van der Waals surface area contributed by atoms with E-state index in [1.54, 1.807) is 13.8 Å². The number of nitrogens with zero attached hydrogens (tertiary/aromatic N) is 2. The molecule has 1 aliphatic heterocycles. The first-order valence-corrected chi connectivity index (χ1v) is 10.2. The van der Waals surface area contributed by atoms with Crippen LogP contribution in [-0.4, -0.2) is 74.0 Å². The molecule has 2 rings (SSSR count). The van der Waals surface area contributed by atoms with E-state index in [-0.39, 0.29) is 32.9 Å². The molecule has 2 unspecified atom stereocenters. The highest BCUT2D eigenvalue weighted by atomic mass is 32.2. The summed E-state index contributed by atoms with van der Waals surface area (Å²) >= 11 is 0. The quantitative estimate of drug-likeness (QED) is 0.597. The Kier molecular flexibility index (Phi) is 7.01. The van der Waals surface area contributed by atoms with Crippen LogP contribution < -0.4 is 4.72 Å². The van der Waals surface area contributed by atoms with Gasteiger partial charge in [-0.15, -0.1) is 0 Å². The standard InChI is InChI=1S/C16H24FN3O7S/c1-4-26-15(22)14-13(17)12(8-19(14)3)28(24,25)18-11-7-20(6-10(11)9-21)16(23)27-5-2/h8,10-11,18,21H,4-7,9H2,1-3H3. The number of rotatable bonds is 7. The van der Waals surface area contributed by atoms with Crippen molar-refractivity contribution in [2.45, 2.75) is 24.8 Å². The van der Waals surface area contributed by atoms with Gasteiger partial charge in [0.25, 0.3) is 0 Å². The van der Waals surface area contributed by atoms with Crippen LogP contribution in [0.5, 0.6) is 0 Å². The van der Waals surface area contributed by atoms with E-state index in [0.717, 1.165) is 10.8 Å². The Morgan fingerprint density at radius 3 is 2.50 bits per heavy atom. The van der Waals surface area contributed by atoms with Gasteiger partial charge >= 0.3 is 12.1 Å². The van der Waals surface area contributed by atoms with Gasteiger partial charge in [-0.3, -0.25) is 0 Å². The summed E-state index contributed by atoms with van der Waals surface area (Å²) < 4.78 is 53.0. The number of carbonyl (C=O) groups excluding carboxylic acids is 2. The number of aliphatic hydroxyl groups excluding tert-OH is 1. The number of aromatic nitrogens is 1. The second kappa shape index (κ2) is 8.88. The summed E-state index contributed by atoms with van der Waals surface area (Å²) in [5, 5.41) is 9.51. The molecular formula is C16H24FN3O7S. The second-order valence-electron chi connectivity index (χ2n) is 6.26. The van der Waals surface area contributed by atoms with Gasteiger partial charge in [-0.1, -0.05) is 0 Å². The number of esters is 1. The molecule has 0 radical (unpaired) electrons.